The molecule has 0 atom stereocenters. The average Bonchev–Trinajstić information content (AvgIpc) is 3.34. The smallest absolute Gasteiger partial charge is 0.321 e. The minimum Gasteiger partial charge on any atom is -0.481 e. The maximum atomic E-state index is 13.7. The van der Waals surface area contributed by atoms with Crippen molar-refractivity contribution >= 4 is 17.7 Å². The topological polar surface area (TPSA) is 69.6 Å². The predicted molar refractivity (Wildman–Crippen MR) is 79.3 cm³/mol. The summed E-state index contributed by atoms with van der Waals surface area (Å²) in [5.74, 6) is -1.10. The molecule has 2 amide bonds. The van der Waals surface area contributed by atoms with E-state index in [1.165, 1.54) is 6.07 Å². The van der Waals surface area contributed by atoms with Crippen molar-refractivity contribution in [2.75, 3.05) is 18.4 Å². The number of benzene rings is 1. The second-order valence-corrected chi connectivity index (χ2v) is 6.04. The molecule has 1 heterocycles. The van der Waals surface area contributed by atoms with Gasteiger partial charge in [0.05, 0.1) is 5.92 Å². The van der Waals surface area contributed by atoms with Gasteiger partial charge in [-0.1, -0.05) is 0 Å². The highest BCUT2D eigenvalue weighted by atomic mass is 19.1. The molecule has 1 saturated heterocycles. The van der Waals surface area contributed by atoms with Crippen molar-refractivity contribution in [1.82, 2.24) is 4.90 Å². The van der Waals surface area contributed by atoms with Crippen LogP contribution < -0.4 is 5.32 Å². The van der Waals surface area contributed by atoms with E-state index in [-0.39, 0.29) is 23.7 Å². The average molecular weight is 306 g/mol. The molecule has 1 aliphatic heterocycles. The van der Waals surface area contributed by atoms with E-state index >= 15 is 0 Å². The summed E-state index contributed by atoms with van der Waals surface area (Å²) in [6.07, 6.45) is 2.94. The molecule has 1 aliphatic carbocycles. The van der Waals surface area contributed by atoms with E-state index in [1.54, 1.807) is 17.0 Å². The van der Waals surface area contributed by atoms with E-state index in [0.717, 1.165) is 12.8 Å². The van der Waals surface area contributed by atoms with Gasteiger partial charge in [0, 0.05) is 18.8 Å². The zero-order valence-electron chi connectivity index (χ0n) is 12.2. The van der Waals surface area contributed by atoms with Gasteiger partial charge in [0.15, 0.2) is 0 Å². The molecule has 1 saturated carbocycles. The number of nitrogens with zero attached hydrogens (tertiary/aromatic N) is 1. The van der Waals surface area contributed by atoms with Gasteiger partial charge in [-0.15, -0.1) is 0 Å². The molecule has 118 valence electrons. The molecule has 0 aromatic heterocycles. The number of carbonyl (C=O) groups excluding carboxylic acids is 1. The highest BCUT2D eigenvalue weighted by Crippen LogP contribution is 2.42. The van der Waals surface area contributed by atoms with E-state index in [4.69, 9.17) is 5.11 Å². The van der Waals surface area contributed by atoms with Gasteiger partial charge in [0.25, 0.3) is 0 Å². The zero-order chi connectivity index (χ0) is 15.7. The van der Waals surface area contributed by atoms with Crippen LogP contribution in [0.25, 0.3) is 0 Å². The number of aliphatic carboxylic acids is 1. The molecule has 22 heavy (non-hydrogen) atoms. The lowest BCUT2D eigenvalue weighted by Gasteiger charge is -2.30. The first kappa shape index (κ1) is 14.8. The molecule has 1 aromatic rings. The summed E-state index contributed by atoms with van der Waals surface area (Å²) < 4.78 is 13.7. The molecule has 0 spiro atoms. The summed E-state index contributed by atoms with van der Waals surface area (Å²) in [4.78, 5) is 24.7. The molecule has 0 bridgehead atoms. The van der Waals surface area contributed by atoms with E-state index < -0.39 is 5.97 Å². The van der Waals surface area contributed by atoms with Crippen molar-refractivity contribution in [2.24, 2.45) is 5.92 Å². The van der Waals surface area contributed by atoms with Crippen LogP contribution in [0.2, 0.25) is 0 Å². The lowest BCUT2D eigenvalue weighted by atomic mass is 9.97. The Kier molecular flexibility index (Phi) is 4.00. The number of hydrogen-bond acceptors (Lipinski definition) is 2. The molecule has 2 fully saturated rings. The Labute approximate surface area is 128 Å². The van der Waals surface area contributed by atoms with Crippen molar-refractivity contribution < 1.29 is 19.1 Å². The normalized spacial score (nSPS) is 19.0. The Morgan fingerprint density at radius 2 is 1.86 bits per heavy atom. The Morgan fingerprint density at radius 3 is 2.45 bits per heavy atom. The Bertz CT molecular complexity index is 593. The third-order valence-corrected chi connectivity index (χ3v) is 4.40. The summed E-state index contributed by atoms with van der Waals surface area (Å²) in [5, 5.41) is 11.7. The lowest BCUT2D eigenvalue weighted by Crippen LogP contribution is -2.42. The van der Waals surface area contributed by atoms with Gasteiger partial charge < -0.3 is 15.3 Å². The third-order valence-electron chi connectivity index (χ3n) is 4.40. The van der Waals surface area contributed by atoms with Crippen LogP contribution in [0.5, 0.6) is 0 Å². The number of likely N-dealkylation sites (tertiary alicyclic amines) is 1. The van der Waals surface area contributed by atoms with Crippen LogP contribution >= 0.6 is 0 Å². The number of urea groups is 1. The van der Waals surface area contributed by atoms with Gasteiger partial charge in [0.1, 0.15) is 5.82 Å². The summed E-state index contributed by atoms with van der Waals surface area (Å²) in [6, 6.07) is 4.40. The minimum atomic E-state index is -0.798. The number of anilines is 1. The molecule has 0 unspecified atom stereocenters. The van der Waals surface area contributed by atoms with E-state index in [9.17, 15) is 14.0 Å². The molecule has 3 rings (SSSR count). The maximum Gasteiger partial charge on any atom is 0.321 e. The molecule has 2 N–H and O–H groups in total. The Balaban J connectivity index is 1.60. The van der Waals surface area contributed by atoms with Crippen LogP contribution in [0, 0.1) is 11.7 Å². The number of nitrogens with one attached hydrogen (secondary N) is 1. The van der Waals surface area contributed by atoms with Gasteiger partial charge in [0.2, 0.25) is 0 Å². The van der Waals surface area contributed by atoms with Gasteiger partial charge in [-0.3, -0.25) is 4.79 Å². The fraction of sp³-hybridized carbons (Fsp3) is 0.500. The molecule has 2 aliphatic rings. The summed E-state index contributed by atoms with van der Waals surface area (Å²) in [6.45, 7) is 0.860. The van der Waals surface area contributed by atoms with Crippen molar-refractivity contribution in [3.05, 3.63) is 29.6 Å². The lowest BCUT2D eigenvalue weighted by molar-refractivity contribution is -0.143. The molecular formula is C16H19FN2O3. The maximum absolute atomic E-state index is 13.7. The molecule has 5 nitrogen and oxygen atoms in total. The van der Waals surface area contributed by atoms with Crippen molar-refractivity contribution in [1.29, 1.82) is 0 Å². The van der Waals surface area contributed by atoms with Gasteiger partial charge >= 0.3 is 12.0 Å². The number of halogens is 1. The Morgan fingerprint density at radius 1 is 1.18 bits per heavy atom. The minimum absolute atomic E-state index is 0.220. The van der Waals surface area contributed by atoms with Crippen molar-refractivity contribution in [3.8, 4) is 0 Å². The number of carboxylic acid groups (broad SMARTS) is 1. The molecule has 6 heteroatoms. The molecule has 0 radical (unpaired) electrons. The van der Waals surface area contributed by atoms with Crippen LogP contribution in [-0.2, 0) is 4.79 Å². The van der Waals surface area contributed by atoms with E-state index in [2.05, 4.69) is 5.32 Å². The fourth-order valence-electron chi connectivity index (χ4n) is 2.86. The van der Waals surface area contributed by atoms with E-state index in [1.807, 2.05) is 0 Å². The van der Waals surface area contributed by atoms with Crippen LogP contribution in [0.1, 0.15) is 37.2 Å². The number of rotatable bonds is 3. The second-order valence-electron chi connectivity index (χ2n) is 6.04. The number of carbonyl (C=O) groups is 2. The van der Waals surface area contributed by atoms with Gasteiger partial charge in [-0.05, 0) is 55.4 Å². The molecule has 1 aromatic carbocycles. The third kappa shape index (κ3) is 3.21. The van der Waals surface area contributed by atoms with Gasteiger partial charge in [-0.2, -0.15) is 0 Å². The highest BCUT2D eigenvalue weighted by molar-refractivity contribution is 5.89. The highest BCUT2D eigenvalue weighted by Gasteiger charge is 2.28. The predicted octanol–water partition coefficient (Wildman–Crippen LogP) is 3.03. The monoisotopic (exact) mass is 306 g/mol. The zero-order valence-corrected chi connectivity index (χ0v) is 12.2. The summed E-state index contributed by atoms with van der Waals surface area (Å²) in [7, 11) is 0. The first-order chi connectivity index (χ1) is 10.5. The van der Waals surface area contributed by atoms with Crippen LogP contribution in [0.15, 0.2) is 18.2 Å². The number of amides is 2. The number of piperidine rings is 1. The van der Waals surface area contributed by atoms with Crippen LogP contribution in [-0.4, -0.2) is 35.1 Å². The largest absolute Gasteiger partial charge is 0.481 e. The molecular weight excluding hydrogens is 287 g/mol. The first-order valence-electron chi connectivity index (χ1n) is 7.63. The quantitative estimate of drug-likeness (QED) is 0.902. The SMILES string of the molecule is O=C(O)C1CCN(C(=O)Nc2ccc(F)c(C3CC3)c2)CC1. The first-order valence-corrected chi connectivity index (χ1v) is 7.63. The standard InChI is InChI=1S/C16H19FN2O3/c17-14-4-3-12(9-13(14)10-1-2-10)18-16(22)19-7-5-11(6-8-19)15(20)21/h3-4,9-11H,1-2,5-8H2,(H,18,22)(H,20,21). The van der Waals surface area contributed by atoms with Crippen LogP contribution in [0.4, 0.5) is 14.9 Å². The summed E-state index contributed by atoms with van der Waals surface area (Å²) >= 11 is 0. The van der Waals surface area contributed by atoms with Gasteiger partial charge in [-0.25, -0.2) is 9.18 Å². The van der Waals surface area contributed by atoms with Crippen molar-refractivity contribution in [3.63, 3.8) is 0 Å². The fourth-order valence-corrected chi connectivity index (χ4v) is 2.86. The van der Waals surface area contributed by atoms with Crippen LogP contribution in [0.3, 0.4) is 0 Å². The second kappa shape index (κ2) is 5.94. The van der Waals surface area contributed by atoms with Crippen molar-refractivity contribution in [2.45, 2.75) is 31.6 Å². The van der Waals surface area contributed by atoms with E-state index in [0.29, 0.717) is 37.2 Å². The summed E-state index contributed by atoms with van der Waals surface area (Å²) in [5.41, 5.74) is 1.26. The number of carboxylic acids is 1. The number of hydrogen-bond donors (Lipinski definition) is 2. The Hall–Kier alpha value is -2.11.